The van der Waals surface area contributed by atoms with Gasteiger partial charge in [-0.15, -0.1) is 0 Å². The van der Waals surface area contributed by atoms with Gasteiger partial charge in [0.05, 0.1) is 6.54 Å². The first-order valence-electron chi connectivity index (χ1n) is 6.78. The molecule has 6 nitrogen and oxygen atoms in total. The molecule has 2 rings (SSSR count). The second-order valence-corrected chi connectivity index (χ2v) is 4.82. The highest BCUT2D eigenvalue weighted by Crippen LogP contribution is 2.00. The van der Waals surface area contributed by atoms with Crippen LogP contribution in [0.5, 0.6) is 0 Å². The predicted molar refractivity (Wildman–Crippen MR) is 71.3 cm³/mol. The monoisotopic (exact) mass is 252 g/mol. The van der Waals surface area contributed by atoms with E-state index in [1.165, 1.54) is 13.1 Å². The molecule has 6 heteroatoms. The lowest BCUT2D eigenvalue weighted by atomic mass is 10.3. The van der Waals surface area contributed by atoms with Crippen molar-refractivity contribution in [3.05, 3.63) is 12.2 Å². The van der Waals surface area contributed by atoms with Crippen molar-refractivity contribution < 1.29 is 0 Å². The quantitative estimate of drug-likeness (QED) is 0.749. The number of aromatic nitrogens is 3. The number of likely N-dealkylation sites (N-methyl/N-ethyl adjacent to an activating group) is 1. The molecule has 0 unspecified atom stereocenters. The number of piperazine rings is 1. The Hall–Kier alpha value is -0.980. The topological polar surface area (TPSA) is 49.2 Å². The molecule has 0 radical (unpaired) electrons. The zero-order chi connectivity index (χ0) is 12.8. The molecule has 102 valence electrons. The van der Waals surface area contributed by atoms with Crippen molar-refractivity contribution in [2.75, 3.05) is 46.3 Å². The molecular formula is C12H24N6. The van der Waals surface area contributed by atoms with E-state index in [2.05, 4.69) is 39.2 Å². The van der Waals surface area contributed by atoms with Crippen molar-refractivity contribution in [3.8, 4) is 0 Å². The standard InChI is InChI=1S/C12H24N6/c1-3-18-12(14-11-15-18)10-16(2)8-9-17-6-4-13-5-7-17/h11,13H,3-10H2,1-2H3. The SMILES string of the molecule is CCn1ncnc1CN(C)CCN1CCNCC1. The van der Waals surface area contributed by atoms with E-state index < -0.39 is 0 Å². The van der Waals surface area contributed by atoms with Crippen molar-refractivity contribution in [1.82, 2.24) is 29.9 Å². The molecule has 1 N–H and O–H groups in total. The molecule has 0 bridgehead atoms. The summed E-state index contributed by atoms with van der Waals surface area (Å²) < 4.78 is 1.96. The van der Waals surface area contributed by atoms with E-state index in [0.717, 1.165) is 45.1 Å². The van der Waals surface area contributed by atoms with E-state index in [1.807, 2.05) is 4.68 Å². The summed E-state index contributed by atoms with van der Waals surface area (Å²) in [4.78, 5) is 9.14. The number of rotatable bonds is 6. The summed E-state index contributed by atoms with van der Waals surface area (Å²) in [5.74, 6) is 1.06. The Morgan fingerprint density at radius 1 is 1.39 bits per heavy atom. The molecule has 0 saturated carbocycles. The third kappa shape index (κ3) is 3.76. The number of nitrogens with zero attached hydrogens (tertiary/aromatic N) is 5. The second-order valence-electron chi connectivity index (χ2n) is 4.82. The van der Waals surface area contributed by atoms with Gasteiger partial charge in [0, 0.05) is 45.8 Å². The van der Waals surface area contributed by atoms with Crippen LogP contribution in [0.25, 0.3) is 0 Å². The van der Waals surface area contributed by atoms with Gasteiger partial charge in [0.1, 0.15) is 12.2 Å². The van der Waals surface area contributed by atoms with Crippen LogP contribution in [-0.4, -0.2) is 70.9 Å². The highest BCUT2D eigenvalue weighted by atomic mass is 15.3. The van der Waals surface area contributed by atoms with Gasteiger partial charge in [-0.3, -0.25) is 9.80 Å². The van der Waals surface area contributed by atoms with Gasteiger partial charge in [-0.2, -0.15) is 5.10 Å². The van der Waals surface area contributed by atoms with Crippen molar-refractivity contribution >= 4 is 0 Å². The summed E-state index contributed by atoms with van der Waals surface area (Å²) in [6.45, 7) is 10.6. The highest BCUT2D eigenvalue weighted by Gasteiger charge is 2.11. The van der Waals surface area contributed by atoms with E-state index in [0.29, 0.717) is 0 Å². The van der Waals surface area contributed by atoms with Gasteiger partial charge in [0.25, 0.3) is 0 Å². The van der Waals surface area contributed by atoms with Crippen molar-refractivity contribution in [3.63, 3.8) is 0 Å². The molecule has 1 fully saturated rings. The first kappa shape index (κ1) is 13.5. The fourth-order valence-electron chi connectivity index (χ4n) is 2.24. The minimum atomic E-state index is 0.875. The fraction of sp³-hybridized carbons (Fsp3) is 0.833. The number of hydrogen-bond donors (Lipinski definition) is 1. The lowest BCUT2D eigenvalue weighted by molar-refractivity contribution is 0.199. The minimum Gasteiger partial charge on any atom is -0.314 e. The maximum absolute atomic E-state index is 4.31. The Kier molecular flexibility index (Phi) is 5.10. The van der Waals surface area contributed by atoms with Crippen LogP contribution in [0.15, 0.2) is 6.33 Å². The van der Waals surface area contributed by atoms with Crippen LogP contribution in [0, 0.1) is 0 Å². The van der Waals surface area contributed by atoms with Gasteiger partial charge in [0.15, 0.2) is 0 Å². The Labute approximate surface area is 109 Å². The molecule has 1 aliphatic rings. The Morgan fingerprint density at radius 2 is 2.17 bits per heavy atom. The van der Waals surface area contributed by atoms with Crippen molar-refractivity contribution in [1.29, 1.82) is 0 Å². The Balaban J connectivity index is 1.72. The molecular weight excluding hydrogens is 228 g/mol. The molecule has 0 aromatic carbocycles. The summed E-state index contributed by atoms with van der Waals surface area (Å²) in [6, 6.07) is 0. The lowest BCUT2D eigenvalue weighted by Crippen LogP contribution is -2.45. The van der Waals surface area contributed by atoms with E-state index in [9.17, 15) is 0 Å². The summed E-state index contributed by atoms with van der Waals surface area (Å²) in [5.41, 5.74) is 0. The van der Waals surface area contributed by atoms with Gasteiger partial charge < -0.3 is 5.32 Å². The van der Waals surface area contributed by atoms with Crippen LogP contribution < -0.4 is 5.32 Å². The first-order valence-corrected chi connectivity index (χ1v) is 6.78. The smallest absolute Gasteiger partial charge is 0.140 e. The summed E-state index contributed by atoms with van der Waals surface area (Å²) in [6.07, 6.45) is 1.64. The average molecular weight is 252 g/mol. The van der Waals surface area contributed by atoms with Crippen molar-refractivity contribution in [2.24, 2.45) is 0 Å². The molecule has 0 amide bonds. The van der Waals surface area contributed by atoms with E-state index in [-0.39, 0.29) is 0 Å². The summed E-state index contributed by atoms with van der Waals surface area (Å²) >= 11 is 0. The third-order valence-corrected chi connectivity index (χ3v) is 3.41. The second kappa shape index (κ2) is 6.82. The van der Waals surface area contributed by atoms with E-state index in [1.54, 1.807) is 6.33 Å². The molecule has 1 aromatic rings. The maximum atomic E-state index is 4.31. The Morgan fingerprint density at radius 3 is 2.89 bits per heavy atom. The van der Waals surface area contributed by atoms with Crippen LogP contribution in [0.2, 0.25) is 0 Å². The molecule has 0 atom stereocenters. The first-order chi connectivity index (χ1) is 8.79. The van der Waals surface area contributed by atoms with E-state index >= 15 is 0 Å². The summed E-state index contributed by atoms with van der Waals surface area (Å²) in [5, 5.41) is 7.57. The lowest BCUT2D eigenvalue weighted by Gasteiger charge is -2.28. The zero-order valence-corrected chi connectivity index (χ0v) is 11.5. The maximum Gasteiger partial charge on any atom is 0.140 e. The average Bonchev–Trinajstić information content (AvgIpc) is 2.85. The summed E-state index contributed by atoms with van der Waals surface area (Å²) in [7, 11) is 2.15. The normalized spacial score (nSPS) is 17.5. The molecule has 18 heavy (non-hydrogen) atoms. The van der Waals surface area contributed by atoms with Crippen molar-refractivity contribution in [2.45, 2.75) is 20.0 Å². The molecule has 2 heterocycles. The number of nitrogens with one attached hydrogen (secondary N) is 1. The van der Waals surface area contributed by atoms with E-state index in [4.69, 9.17) is 0 Å². The minimum absolute atomic E-state index is 0.875. The van der Waals surface area contributed by atoms with Crippen LogP contribution in [0.1, 0.15) is 12.7 Å². The number of aryl methyl sites for hydroxylation is 1. The van der Waals surface area contributed by atoms with Crippen LogP contribution in [-0.2, 0) is 13.1 Å². The molecule has 1 aliphatic heterocycles. The zero-order valence-electron chi connectivity index (χ0n) is 11.5. The van der Waals surface area contributed by atoms with Crippen LogP contribution in [0.3, 0.4) is 0 Å². The number of hydrogen-bond acceptors (Lipinski definition) is 5. The van der Waals surface area contributed by atoms with Gasteiger partial charge in [0.2, 0.25) is 0 Å². The largest absolute Gasteiger partial charge is 0.314 e. The van der Waals surface area contributed by atoms with Crippen LogP contribution >= 0.6 is 0 Å². The van der Waals surface area contributed by atoms with Crippen LogP contribution in [0.4, 0.5) is 0 Å². The molecule has 1 aromatic heterocycles. The highest BCUT2D eigenvalue weighted by molar-refractivity contribution is 4.84. The van der Waals surface area contributed by atoms with Gasteiger partial charge in [-0.1, -0.05) is 0 Å². The molecule has 1 saturated heterocycles. The third-order valence-electron chi connectivity index (χ3n) is 3.41. The van der Waals surface area contributed by atoms with Gasteiger partial charge in [-0.25, -0.2) is 9.67 Å². The predicted octanol–water partition coefficient (Wildman–Crippen LogP) is -0.365. The molecule has 0 aliphatic carbocycles. The fourth-order valence-corrected chi connectivity index (χ4v) is 2.24. The van der Waals surface area contributed by atoms with Gasteiger partial charge in [-0.05, 0) is 14.0 Å². The Bertz CT molecular complexity index is 344. The molecule has 0 spiro atoms. The van der Waals surface area contributed by atoms with Gasteiger partial charge >= 0.3 is 0 Å².